The average molecular weight is 308 g/mol. The monoisotopic (exact) mass is 308 g/mol. The van der Waals surface area contributed by atoms with Crippen LogP contribution in [-0.4, -0.2) is 12.6 Å². The molecule has 23 heavy (non-hydrogen) atoms. The van der Waals surface area contributed by atoms with Gasteiger partial charge in [0.05, 0.1) is 6.61 Å². The number of fused-ring (bicyclic) bond motifs is 1. The Morgan fingerprint density at radius 3 is 2.30 bits per heavy atom. The van der Waals surface area contributed by atoms with Crippen LogP contribution in [0.15, 0.2) is 54.6 Å². The Hall–Kier alpha value is -2.09. The summed E-state index contributed by atoms with van der Waals surface area (Å²) in [7, 11) is 0. The van der Waals surface area contributed by atoms with Crippen LogP contribution >= 0.6 is 0 Å². The van der Waals surface area contributed by atoms with Crippen LogP contribution in [0, 0.1) is 5.41 Å². The van der Waals surface area contributed by atoms with Crippen molar-refractivity contribution in [3.05, 3.63) is 71.3 Å². The summed E-state index contributed by atoms with van der Waals surface area (Å²) in [4.78, 5) is 13.3. The van der Waals surface area contributed by atoms with Crippen LogP contribution in [-0.2, 0) is 14.9 Å². The van der Waals surface area contributed by atoms with E-state index in [4.69, 9.17) is 4.74 Å². The van der Waals surface area contributed by atoms with Crippen molar-refractivity contribution < 1.29 is 9.53 Å². The zero-order valence-corrected chi connectivity index (χ0v) is 14.3. The second kappa shape index (κ2) is 5.52. The first kappa shape index (κ1) is 15.8. The number of hydrogen-bond donors (Lipinski definition) is 0. The molecule has 120 valence electrons. The molecule has 1 aliphatic carbocycles. The van der Waals surface area contributed by atoms with Crippen molar-refractivity contribution in [2.75, 3.05) is 6.61 Å². The molecule has 0 spiro atoms. The molecule has 2 aromatic carbocycles. The third-order valence-electron chi connectivity index (χ3n) is 5.67. The second-order valence-electron chi connectivity index (χ2n) is 6.87. The zero-order valence-electron chi connectivity index (χ0n) is 14.3. The van der Waals surface area contributed by atoms with Crippen molar-refractivity contribution in [3.63, 3.8) is 0 Å². The van der Waals surface area contributed by atoms with Gasteiger partial charge in [0.1, 0.15) is 5.41 Å². The number of carbonyl (C=O) groups excluding carboxylic acids is 1. The van der Waals surface area contributed by atoms with Gasteiger partial charge in [0.2, 0.25) is 0 Å². The average Bonchev–Trinajstić information content (AvgIpc) is 2.74. The highest BCUT2D eigenvalue weighted by Gasteiger charge is 2.62. The minimum absolute atomic E-state index is 0.145. The van der Waals surface area contributed by atoms with Gasteiger partial charge < -0.3 is 4.74 Å². The lowest BCUT2D eigenvalue weighted by Crippen LogP contribution is -2.48. The first-order valence-electron chi connectivity index (χ1n) is 8.30. The predicted octanol–water partition coefficient (Wildman–Crippen LogP) is 4.68. The molecule has 0 aromatic heterocycles. The van der Waals surface area contributed by atoms with E-state index in [1.165, 1.54) is 5.56 Å². The molecule has 2 heteroatoms. The summed E-state index contributed by atoms with van der Waals surface area (Å²) in [5.41, 5.74) is 2.31. The van der Waals surface area contributed by atoms with Gasteiger partial charge in [-0.3, -0.25) is 4.79 Å². The number of rotatable bonds is 3. The predicted molar refractivity (Wildman–Crippen MR) is 92.5 cm³/mol. The van der Waals surface area contributed by atoms with Crippen molar-refractivity contribution in [1.82, 2.24) is 0 Å². The molecule has 0 bridgehead atoms. The molecule has 0 radical (unpaired) electrons. The molecule has 2 nitrogen and oxygen atoms in total. The Kier molecular flexibility index (Phi) is 3.79. The highest BCUT2D eigenvalue weighted by atomic mass is 16.5. The highest BCUT2D eigenvalue weighted by Crippen LogP contribution is 2.61. The Bertz CT molecular complexity index is 718. The summed E-state index contributed by atoms with van der Waals surface area (Å²) in [5, 5.41) is 0. The van der Waals surface area contributed by atoms with Gasteiger partial charge in [-0.1, -0.05) is 75.4 Å². The lowest BCUT2D eigenvalue weighted by atomic mass is 9.59. The molecular formula is C21H24O2. The van der Waals surface area contributed by atoms with Gasteiger partial charge in [-0.2, -0.15) is 0 Å². The smallest absolute Gasteiger partial charge is 0.321 e. The van der Waals surface area contributed by atoms with E-state index in [1.54, 1.807) is 0 Å². The van der Waals surface area contributed by atoms with Gasteiger partial charge in [-0.05, 0) is 34.9 Å². The Labute approximate surface area is 138 Å². The van der Waals surface area contributed by atoms with Gasteiger partial charge in [0.25, 0.3) is 0 Å². The minimum atomic E-state index is -0.764. The fraction of sp³-hybridized carbons (Fsp3) is 0.381. The van der Waals surface area contributed by atoms with E-state index < -0.39 is 5.41 Å². The molecule has 2 aromatic rings. The largest absolute Gasteiger partial charge is 0.465 e. The summed E-state index contributed by atoms with van der Waals surface area (Å²) in [6.07, 6.45) is 0. The first-order chi connectivity index (χ1) is 11.0. The molecule has 0 aliphatic heterocycles. The van der Waals surface area contributed by atoms with Crippen molar-refractivity contribution in [2.45, 2.75) is 39.0 Å². The van der Waals surface area contributed by atoms with E-state index in [0.29, 0.717) is 6.61 Å². The summed E-state index contributed by atoms with van der Waals surface area (Å²) in [5.74, 6) is 0.122. The van der Waals surface area contributed by atoms with E-state index in [2.05, 4.69) is 39.0 Å². The number of hydrogen-bond acceptors (Lipinski definition) is 2. The number of carbonyl (C=O) groups is 1. The van der Waals surface area contributed by atoms with Crippen molar-refractivity contribution >= 4 is 5.97 Å². The van der Waals surface area contributed by atoms with E-state index in [1.807, 2.05) is 43.3 Å². The minimum Gasteiger partial charge on any atom is -0.465 e. The van der Waals surface area contributed by atoms with Crippen LogP contribution < -0.4 is 0 Å². The van der Waals surface area contributed by atoms with Crippen LogP contribution in [0.3, 0.4) is 0 Å². The summed E-state index contributed by atoms with van der Waals surface area (Å²) < 4.78 is 5.59. The fourth-order valence-corrected chi connectivity index (χ4v) is 4.22. The molecule has 0 saturated heterocycles. The molecule has 1 aliphatic rings. The molecular weight excluding hydrogens is 284 g/mol. The van der Waals surface area contributed by atoms with E-state index in [9.17, 15) is 4.79 Å². The standard InChI is InChI=1S/C21H24O2/c1-5-23-19(22)21(16-11-7-6-8-12-16)18-14-10-9-13-17(18)15(2)20(21,3)4/h6-15H,5H2,1-4H3. The summed E-state index contributed by atoms with van der Waals surface area (Å²) in [6.45, 7) is 8.83. The maximum absolute atomic E-state index is 13.3. The number of ether oxygens (including phenoxy) is 1. The van der Waals surface area contributed by atoms with Gasteiger partial charge in [-0.15, -0.1) is 0 Å². The van der Waals surface area contributed by atoms with Crippen molar-refractivity contribution in [2.24, 2.45) is 5.41 Å². The molecule has 0 saturated carbocycles. The van der Waals surface area contributed by atoms with Crippen molar-refractivity contribution in [1.29, 1.82) is 0 Å². The Morgan fingerprint density at radius 1 is 1.04 bits per heavy atom. The molecule has 2 atom stereocenters. The second-order valence-corrected chi connectivity index (χ2v) is 6.87. The number of esters is 1. The summed E-state index contributed by atoms with van der Waals surface area (Å²) in [6, 6.07) is 18.4. The molecule has 0 amide bonds. The van der Waals surface area contributed by atoms with Crippen LogP contribution in [0.4, 0.5) is 0 Å². The highest BCUT2D eigenvalue weighted by molar-refractivity contribution is 5.91. The van der Waals surface area contributed by atoms with Crippen molar-refractivity contribution in [3.8, 4) is 0 Å². The quantitative estimate of drug-likeness (QED) is 0.770. The number of benzene rings is 2. The third-order valence-corrected chi connectivity index (χ3v) is 5.67. The maximum atomic E-state index is 13.3. The third kappa shape index (κ3) is 1.97. The molecule has 3 rings (SSSR count). The molecule has 0 fully saturated rings. The molecule has 0 heterocycles. The van der Waals surface area contributed by atoms with Crippen LogP contribution in [0.25, 0.3) is 0 Å². The zero-order chi connectivity index (χ0) is 16.7. The summed E-state index contributed by atoms with van der Waals surface area (Å²) >= 11 is 0. The molecule has 2 unspecified atom stereocenters. The molecule has 0 N–H and O–H groups in total. The van der Waals surface area contributed by atoms with Crippen LogP contribution in [0.1, 0.15) is 50.3 Å². The topological polar surface area (TPSA) is 26.3 Å². The Balaban J connectivity index is 2.37. The fourth-order valence-electron chi connectivity index (χ4n) is 4.22. The van der Waals surface area contributed by atoms with Crippen LogP contribution in [0.5, 0.6) is 0 Å². The van der Waals surface area contributed by atoms with Gasteiger partial charge >= 0.3 is 5.97 Å². The van der Waals surface area contributed by atoms with E-state index >= 15 is 0 Å². The van der Waals surface area contributed by atoms with Crippen LogP contribution in [0.2, 0.25) is 0 Å². The normalized spacial score (nSPS) is 25.0. The van der Waals surface area contributed by atoms with Gasteiger partial charge in [0.15, 0.2) is 0 Å². The first-order valence-corrected chi connectivity index (χ1v) is 8.30. The SMILES string of the molecule is CCOC(=O)C1(c2ccccc2)c2ccccc2C(C)C1(C)C. The lowest BCUT2D eigenvalue weighted by Gasteiger charge is -2.42. The Morgan fingerprint density at radius 2 is 1.65 bits per heavy atom. The van der Waals surface area contributed by atoms with E-state index in [-0.39, 0.29) is 17.3 Å². The lowest BCUT2D eigenvalue weighted by molar-refractivity contribution is -0.152. The maximum Gasteiger partial charge on any atom is 0.321 e. The van der Waals surface area contributed by atoms with Gasteiger partial charge in [-0.25, -0.2) is 0 Å². The van der Waals surface area contributed by atoms with E-state index in [0.717, 1.165) is 11.1 Å². The van der Waals surface area contributed by atoms with Gasteiger partial charge in [0, 0.05) is 0 Å².